The summed E-state index contributed by atoms with van der Waals surface area (Å²) >= 11 is 0. The van der Waals surface area contributed by atoms with Crippen LogP contribution in [0.2, 0.25) is 0 Å². The van der Waals surface area contributed by atoms with Crippen molar-refractivity contribution in [1.82, 2.24) is 109 Å². The van der Waals surface area contributed by atoms with Crippen molar-refractivity contribution in [2.75, 3.05) is 39.4 Å². The summed E-state index contributed by atoms with van der Waals surface area (Å²) in [4.78, 5) is 283. The molecule has 18 amide bonds. The molecular weight excluding hydrogens is 1820 g/mol. The third kappa shape index (κ3) is 37.2. The largest absolute Gasteiger partial charge is 0.508 e. The number of aromatic nitrogens is 4. The van der Waals surface area contributed by atoms with Gasteiger partial charge < -0.3 is 137 Å². The Kier molecular flexibility index (Phi) is 46.3. The van der Waals surface area contributed by atoms with Gasteiger partial charge >= 0.3 is 5.97 Å². The van der Waals surface area contributed by atoms with Crippen LogP contribution >= 0.6 is 0 Å². The molecule has 0 aliphatic carbocycles. The van der Waals surface area contributed by atoms with E-state index in [-0.39, 0.29) is 132 Å². The Hall–Kier alpha value is -13.7. The molecule has 26 N–H and O–H groups in total. The number of nitrogens with two attached hydrogens (primary N) is 2. The lowest BCUT2D eigenvalue weighted by atomic mass is 9.96. The molecule has 2 aliphatic rings. The van der Waals surface area contributed by atoms with Crippen LogP contribution in [0.1, 0.15) is 183 Å². The van der Waals surface area contributed by atoms with Gasteiger partial charge in [0.05, 0.1) is 39.0 Å². The molecule has 4 aromatic rings. The lowest BCUT2D eigenvalue weighted by Crippen LogP contribution is -2.62. The molecule has 2 fully saturated rings. The summed E-state index contributed by atoms with van der Waals surface area (Å²) < 4.78 is 0. The number of hydrogen-bond donors (Lipinski definition) is 24. The second kappa shape index (κ2) is 56.4. The highest BCUT2D eigenvalue weighted by atomic mass is 16.4. The molecule has 2 aromatic carbocycles. The summed E-state index contributed by atoms with van der Waals surface area (Å²) in [6, 6.07) is -11.7. The van der Waals surface area contributed by atoms with Crippen molar-refractivity contribution in [2.45, 2.75) is 283 Å². The smallest absolute Gasteiger partial charge is 0.326 e. The molecule has 0 bridgehead atoms. The number of benzene rings is 2. The Balaban J connectivity index is 1.17. The number of aliphatic hydroxyl groups excluding tert-OH is 2. The second-order valence-corrected chi connectivity index (χ2v) is 37.5. The lowest BCUT2D eigenvalue weighted by molar-refractivity contribution is -0.143. The fourth-order valence-electron chi connectivity index (χ4n) is 15.8. The molecule has 2 aromatic heterocycles. The van der Waals surface area contributed by atoms with E-state index in [0.29, 0.717) is 35.4 Å². The van der Waals surface area contributed by atoms with E-state index in [9.17, 15) is 112 Å². The maximum atomic E-state index is 15.0. The zero-order valence-electron chi connectivity index (χ0n) is 81.4. The van der Waals surface area contributed by atoms with Crippen molar-refractivity contribution in [3.63, 3.8) is 0 Å². The van der Waals surface area contributed by atoms with Gasteiger partial charge in [0.25, 0.3) is 0 Å². The first kappa shape index (κ1) is 115. The first-order chi connectivity index (χ1) is 66.1. The molecule has 2 saturated heterocycles. The van der Waals surface area contributed by atoms with Crippen LogP contribution in [0, 0.1) is 35.5 Å². The summed E-state index contributed by atoms with van der Waals surface area (Å²) in [5.41, 5.74) is 12.6. The number of aromatic hydroxyl groups is 2. The number of imidazole rings is 2. The van der Waals surface area contributed by atoms with Gasteiger partial charge in [0.1, 0.15) is 108 Å². The number of phenols is 2. The predicted molar refractivity (Wildman–Crippen MR) is 505 cm³/mol. The maximum Gasteiger partial charge on any atom is 0.326 e. The molecule has 0 saturated carbocycles. The zero-order chi connectivity index (χ0) is 104. The Morgan fingerprint density at radius 3 is 1.21 bits per heavy atom. The summed E-state index contributed by atoms with van der Waals surface area (Å²) in [5.74, 6) is -19.5. The molecule has 0 radical (unpaired) electrons. The van der Waals surface area contributed by atoms with E-state index in [2.05, 4.69) is 99.7 Å². The normalized spacial score (nSPS) is 16.8. The van der Waals surface area contributed by atoms with Crippen LogP contribution in [0.25, 0.3) is 0 Å². The minimum atomic E-state index is -1.77. The number of carbonyl (C=O) groups is 19. The Morgan fingerprint density at radius 1 is 0.414 bits per heavy atom. The van der Waals surface area contributed by atoms with Gasteiger partial charge in [-0.05, 0) is 136 Å². The maximum absolute atomic E-state index is 15.0. The van der Waals surface area contributed by atoms with Crippen molar-refractivity contribution in [2.24, 2.45) is 47.0 Å². The van der Waals surface area contributed by atoms with Gasteiger partial charge in [-0.1, -0.05) is 114 Å². The number of aliphatic carboxylic acids is 1. The van der Waals surface area contributed by atoms with Crippen LogP contribution in [0.15, 0.2) is 73.6 Å². The molecular formula is C93H141N23O24. The molecule has 2 aliphatic heterocycles. The van der Waals surface area contributed by atoms with E-state index in [1.54, 1.807) is 83.1 Å². The lowest BCUT2D eigenvalue weighted by Gasteiger charge is -2.32. The molecule has 6 rings (SSSR count). The highest BCUT2D eigenvalue weighted by Crippen LogP contribution is 2.26. The Morgan fingerprint density at radius 2 is 0.793 bits per heavy atom. The number of phenolic OH excluding ortho intramolecular Hbond substituents is 2. The SMILES string of the molecule is CC[C@H](C)[C@H](NC(=O)[C@@H]1CCCN1C(=O)[C@H](CC(C)C)NC(=O)[C@H](CCC(N)=O)NC(=O)[C@H](CC(C)C)NC(=O)[C@@H](N)CO)C(=O)N[C@@H](CC(C)C)C(=O)N[C@@H](Cc1cnc[nH]1)C(=O)N[C@@H](Cc1cnc[nH]1)C(=O)N[C@@H](C)C(=O)N[C@@H](Cc1ccc(O)cc1)C(=O)N[C@@H](CC(C)C)C(=O)N1CCC[C@H]1C(=O)NC(CO)C(=O)N[C@@H](Cc1ccc(O)cc1)C(=O)NCC(=O)NCC(=O)N[C@H](C(=O)O)C(C)C. The Labute approximate surface area is 811 Å². The topological polar surface area (TPSA) is 722 Å². The third-order valence-electron chi connectivity index (χ3n) is 23.6. The quantitative estimate of drug-likeness (QED) is 0.0200. The number of likely N-dealkylation sites (tertiary alicyclic amines) is 2. The number of rotatable bonds is 57. The summed E-state index contributed by atoms with van der Waals surface area (Å²) in [6.45, 7) is 18.9. The number of nitrogens with one attached hydrogen (secondary N) is 17. The second-order valence-electron chi connectivity index (χ2n) is 37.5. The standard InChI is InChI=1S/C93H141N23O24/c1-14-52(12)77(114-89(135)72-18-16-30-116(72)91(137)68(33-49(6)7)110-81(127)61(27-28-73(95)121)103-83(129)62(31-47(2)3)105-79(125)60(94)43-117)90(136)109-63(32-48(4)5)84(130)108-67(38-57-40-97-46-101-57)86(132)107-66(37-56-39-96-45-100-56)82(128)102-53(13)78(124)104-65(36-55-21-25-59(120)26-22-55)85(131)111-69(34-50(8)9)92(138)115-29-15-17-71(115)88(134)112-70(44-118)87(133)106-64(35-54-19-23-58(119)24-20-54)80(126)99-41-74(122)98-42-75(123)113-76(51(10)11)93(139)140/h19-26,39-40,45-53,60-72,76-77,117-120H,14-18,27-38,41-44,94H2,1-13H3,(H2,95,121)(H,96,100)(H,97,101)(H,98,122)(H,99,126)(H,102,128)(H,103,129)(H,104,124)(H,105,125)(H,106,133)(H,107,132)(H,108,130)(H,109,136)(H,110,127)(H,111,131)(H,112,134)(H,113,123)(H,114,135)(H,139,140)/t52-,53-,60-,61-,62-,63-,64-,65-,66-,67-,68-,69-,70?,71-,72-,76-,77-/m0/s1. The number of amides is 18. The highest BCUT2D eigenvalue weighted by molar-refractivity contribution is 6.02. The van der Waals surface area contributed by atoms with Crippen molar-refractivity contribution in [3.8, 4) is 11.5 Å². The number of H-pyrrole nitrogens is 2. The molecule has 1 unspecified atom stereocenters. The minimum absolute atomic E-state index is 0.0275. The summed E-state index contributed by atoms with van der Waals surface area (Å²) in [5, 5.41) is 88.5. The molecule has 17 atom stereocenters. The molecule has 47 heteroatoms. The van der Waals surface area contributed by atoms with Crippen LogP contribution in [0.3, 0.4) is 0 Å². The number of carboxylic acid groups (broad SMARTS) is 1. The van der Waals surface area contributed by atoms with E-state index in [0.717, 1.165) is 0 Å². The fraction of sp³-hybridized carbons (Fsp3) is 0.602. The van der Waals surface area contributed by atoms with E-state index >= 15 is 4.79 Å². The van der Waals surface area contributed by atoms with Gasteiger partial charge in [-0.15, -0.1) is 0 Å². The Bertz CT molecular complexity index is 4870. The third-order valence-corrected chi connectivity index (χ3v) is 23.6. The molecule has 0 spiro atoms. The van der Waals surface area contributed by atoms with Crippen molar-refractivity contribution in [3.05, 3.63) is 96.1 Å². The number of aliphatic hydroxyl groups is 2. The van der Waals surface area contributed by atoms with E-state index in [1.807, 2.05) is 0 Å². The zero-order valence-corrected chi connectivity index (χ0v) is 81.4. The number of carbonyl (C=O) groups excluding carboxylic acids is 18. The van der Waals surface area contributed by atoms with E-state index in [1.165, 1.54) is 90.3 Å². The number of carboxylic acids is 1. The minimum Gasteiger partial charge on any atom is -0.508 e. The van der Waals surface area contributed by atoms with Crippen LogP contribution in [0.5, 0.6) is 11.5 Å². The van der Waals surface area contributed by atoms with Gasteiger partial charge in [-0.2, -0.15) is 0 Å². The molecule has 4 heterocycles. The van der Waals surface area contributed by atoms with Gasteiger partial charge in [0.15, 0.2) is 0 Å². The van der Waals surface area contributed by atoms with Gasteiger partial charge in [0.2, 0.25) is 106 Å². The van der Waals surface area contributed by atoms with Crippen LogP contribution < -0.4 is 91.2 Å². The first-order valence-electron chi connectivity index (χ1n) is 47.2. The van der Waals surface area contributed by atoms with E-state index in [4.69, 9.17) is 11.5 Å². The summed E-state index contributed by atoms with van der Waals surface area (Å²) in [7, 11) is 0. The fourth-order valence-corrected chi connectivity index (χ4v) is 15.8. The molecule has 47 nitrogen and oxygen atoms in total. The number of primary amides is 1. The van der Waals surface area contributed by atoms with Gasteiger partial charge in [-0.25, -0.2) is 14.8 Å². The average Bonchev–Trinajstić information content (AvgIpc) is 1.63. The van der Waals surface area contributed by atoms with Gasteiger partial charge in [0, 0.05) is 69.0 Å². The van der Waals surface area contributed by atoms with Gasteiger partial charge in [-0.3, -0.25) is 86.3 Å². The number of nitrogens with zero attached hydrogens (tertiary/aromatic N) is 4. The molecule has 772 valence electrons. The van der Waals surface area contributed by atoms with Crippen LogP contribution in [0.4, 0.5) is 0 Å². The van der Waals surface area contributed by atoms with E-state index < -0.39 is 247 Å². The van der Waals surface area contributed by atoms with Crippen molar-refractivity contribution < 1.29 is 117 Å². The predicted octanol–water partition coefficient (Wildman–Crippen LogP) is -4.10. The number of aromatic amines is 2. The molecule has 140 heavy (non-hydrogen) atoms. The van der Waals surface area contributed by atoms with Crippen molar-refractivity contribution >= 4 is 112 Å². The number of hydrogen-bond acceptors (Lipinski definition) is 26. The van der Waals surface area contributed by atoms with Crippen LogP contribution in [-0.4, -0.2) is 304 Å². The average molecular weight is 1970 g/mol. The van der Waals surface area contributed by atoms with Crippen LogP contribution in [-0.2, 0) is 117 Å². The first-order valence-corrected chi connectivity index (χ1v) is 47.2. The summed E-state index contributed by atoms with van der Waals surface area (Å²) in [6.07, 6.45) is 4.55. The monoisotopic (exact) mass is 1960 g/mol. The highest BCUT2D eigenvalue weighted by Gasteiger charge is 2.45. The van der Waals surface area contributed by atoms with Crippen molar-refractivity contribution in [1.29, 1.82) is 0 Å².